The number of carbonyl (C=O) groups excluding carboxylic acids is 1. The Morgan fingerprint density at radius 3 is 2.49 bits per heavy atom. The van der Waals surface area contributed by atoms with Crippen LogP contribution in [0, 0.1) is 0 Å². The van der Waals surface area contributed by atoms with Gasteiger partial charge in [0.15, 0.2) is 11.5 Å². The highest BCUT2D eigenvalue weighted by Gasteiger charge is 2.44. The number of H-pyrrole nitrogens is 1. The Balaban J connectivity index is 1.32. The molecule has 3 atom stereocenters. The van der Waals surface area contributed by atoms with Gasteiger partial charge in [0, 0.05) is 49.2 Å². The molecule has 3 aromatic rings. The van der Waals surface area contributed by atoms with Gasteiger partial charge in [0.2, 0.25) is 0 Å². The topological polar surface area (TPSA) is 64.7 Å². The first-order valence-corrected chi connectivity index (χ1v) is 12.9. The number of rotatable bonds is 6. The predicted octanol–water partition coefficient (Wildman–Crippen LogP) is 5.33. The third kappa shape index (κ3) is 3.88. The smallest absolute Gasteiger partial charge is 0.253 e. The van der Waals surface area contributed by atoms with Crippen molar-refractivity contribution in [3.63, 3.8) is 0 Å². The van der Waals surface area contributed by atoms with Gasteiger partial charge in [-0.3, -0.25) is 9.69 Å². The molecule has 2 fully saturated rings. The van der Waals surface area contributed by atoms with Crippen LogP contribution >= 0.6 is 0 Å². The summed E-state index contributed by atoms with van der Waals surface area (Å²) in [4.78, 5) is 27.7. The van der Waals surface area contributed by atoms with Crippen molar-refractivity contribution < 1.29 is 9.53 Å². The number of nitrogens with zero attached hydrogens (tertiary/aromatic N) is 4. The van der Waals surface area contributed by atoms with Crippen LogP contribution in [0.4, 0.5) is 11.4 Å². The number of benzene rings is 2. The number of hydrogen-bond donors (Lipinski definition) is 1. The number of amides is 1. The molecule has 3 aliphatic heterocycles. The Kier molecular flexibility index (Phi) is 5.72. The Hall–Kier alpha value is -3.32. The number of ether oxygens (including phenoxy) is 1. The summed E-state index contributed by atoms with van der Waals surface area (Å²) in [6.45, 7) is 6.31. The molecule has 3 aliphatic rings. The highest BCUT2D eigenvalue weighted by molar-refractivity contribution is 5.96. The summed E-state index contributed by atoms with van der Waals surface area (Å²) in [5, 5.41) is 0. The fourth-order valence-electron chi connectivity index (χ4n) is 6.28. The Morgan fingerprint density at radius 2 is 1.77 bits per heavy atom. The van der Waals surface area contributed by atoms with E-state index in [-0.39, 0.29) is 5.91 Å². The Labute approximate surface area is 206 Å². The van der Waals surface area contributed by atoms with Gasteiger partial charge in [-0.25, -0.2) is 4.98 Å². The van der Waals surface area contributed by atoms with Gasteiger partial charge in [-0.1, -0.05) is 12.1 Å². The maximum absolute atomic E-state index is 13.0. The average Bonchev–Trinajstić information content (AvgIpc) is 3.47. The molecular weight excluding hydrogens is 438 g/mol. The molecule has 0 saturated carbocycles. The van der Waals surface area contributed by atoms with Crippen molar-refractivity contribution in [2.45, 2.75) is 64.2 Å². The minimum absolute atomic E-state index is 0.0519. The van der Waals surface area contributed by atoms with Gasteiger partial charge >= 0.3 is 0 Å². The summed E-state index contributed by atoms with van der Waals surface area (Å²) in [7, 11) is 0. The van der Waals surface area contributed by atoms with E-state index in [1.54, 1.807) is 0 Å². The molecule has 1 amide bonds. The molecule has 35 heavy (non-hydrogen) atoms. The van der Waals surface area contributed by atoms with Gasteiger partial charge in [0.1, 0.15) is 5.82 Å². The van der Waals surface area contributed by atoms with E-state index in [2.05, 4.69) is 38.0 Å². The molecule has 0 radical (unpaired) electrons. The zero-order valence-electron chi connectivity index (χ0n) is 20.5. The molecular formula is C28H33N5O2. The molecule has 182 valence electrons. The molecule has 0 unspecified atom stereocenters. The van der Waals surface area contributed by atoms with Crippen molar-refractivity contribution in [1.29, 1.82) is 0 Å². The summed E-state index contributed by atoms with van der Waals surface area (Å²) in [6, 6.07) is 15.7. The normalized spacial score (nSPS) is 22.9. The lowest BCUT2D eigenvalue weighted by molar-refractivity contribution is 0.0772. The highest BCUT2D eigenvalue weighted by atomic mass is 16.5. The lowest BCUT2D eigenvalue weighted by atomic mass is 9.93. The molecule has 4 heterocycles. The average molecular weight is 472 g/mol. The number of nitrogens with one attached hydrogen (secondary N) is 1. The lowest BCUT2D eigenvalue weighted by Gasteiger charge is -2.45. The molecule has 0 spiro atoms. The molecule has 2 bridgehead atoms. The molecule has 1 aromatic heterocycles. The van der Waals surface area contributed by atoms with E-state index in [0.29, 0.717) is 36.8 Å². The quantitative estimate of drug-likeness (QED) is 0.526. The van der Waals surface area contributed by atoms with E-state index in [9.17, 15) is 4.79 Å². The third-order valence-corrected chi connectivity index (χ3v) is 7.97. The molecule has 6 rings (SSSR count). The minimum atomic E-state index is 0.0519. The van der Waals surface area contributed by atoms with Crippen molar-refractivity contribution in [2.24, 2.45) is 0 Å². The van der Waals surface area contributed by atoms with E-state index in [1.807, 2.05) is 55.4 Å². The van der Waals surface area contributed by atoms with Crippen LogP contribution < -0.4 is 9.64 Å². The second-order valence-electron chi connectivity index (χ2n) is 9.82. The monoisotopic (exact) mass is 471 g/mol. The highest BCUT2D eigenvalue weighted by Crippen LogP contribution is 2.51. The van der Waals surface area contributed by atoms with Gasteiger partial charge in [0.25, 0.3) is 5.91 Å². The molecule has 7 nitrogen and oxygen atoms in total. The van der Waals surface area contributed by atoms with E-state index in [0.717, 1.165) is 48.1 Å². The van der Waals surface area contributed by atoms with Crippen LogP contribution in [0.25, 0.3) is 0 Å². The number of piperidine rings is 1. The van der Waals surface area contributed by atoms with Gasteiger partial charge in [-0.15, -0.1) is 0 Å². The van der Waals surface area contributed by atoms with E-state index in [4.69, 9.17) is 4.74 Å². The van der Waals surface area contributed by atoms with Crippen LogP contribution in [0.1, 0.15) is 55.7 Å². The van der Waals surface area contributed by atoms with Crippen LogP contribution in [0.3, 0.4) is 0 Å². The first-order valence-electron chi connectivity index (χ1n) is 12.9. The van der Waals surface area contributed by atoms with Crippen molar-refractivity contribution in [3.8, 4) is 11.5 Å². The first-order chi connectivity index (χ1) is 17.2. The minimum Gasteiger partial charge on any atom is -0.453 e. The molecule has 1 N–H and O–H groups in total. The second-order valence-corrected chi connectivity index (χ2v) is 9.82. The molecule has 2 saturated heterocycles. The zero-order valence-corrected chi connectivity index (χ0v) is 20.5. The number of fused-ring (bicyclic) bond motifs is 4. The maximum Gasteiger partial charge on any atom is 0.253 e. The maximum atomic E-state index is 13.0. The zero-order chi connectivity index (χ0) is 23.9. The number of para-hydroxylation sites is 2. The lowest BCUT2D eigenvalue weighted by Crippen LogP contribution is -2.49. The molecule has 7 heteroatoms. The number of hydrogen-bond acceptors (Lipinski definition) is 5. The van der Waals surface area contributed by atoms with Crippen molar-refractivity contribution in [1.82, 2.24) is 19.8 Å². The number of carbonyl (C=O) groups is 1. The summed E-state index contributed by atoms with van der Waals surface area (Å²) in [5.41, 5.74) is 2.86. The van der Waals surface area contributed by atoms with Crippen molar-refractivity contribution in [2.75, 3.05) is 18.0 Å². The predicted molar refractivity (Wildman–Crippen MR) is 136 cm³/mol. The standard InChI is InChI=1S/C28H33N5O2/c1-3-31(4-2)28(34)19-9-12-24-26(15-19)35-25-8-6-5-7-23(25)33(24)22-16-20-10-11-21(17-22)32(20)18-27-29-13-14-30-27/h5-9,12-15,20-22H,3-4,10-11,16-18H2,1-2H3,(H,29,30)/t20-,21+,22-. The van der Waals surface area contributed by atoms with E-state index < -0.39 is 0 Å². The summed E-state index contributed by atoms with van der Waals surface area (Å²) < 4.78 is 6.36. The van der Waals surface area contributed by atoms with Crippen LogP contribution in [0.2, 0.25) is 0 Å². The first kappa shape index (κ1) is 22.2. The molecule has 2 aromatic carbocycles. The summed E-state index contributed by atoms with van der Waals surface area (Å²) in [6.07, 6.45) is 8.42. The molecule has 0 aliphatic carbocycles. The van der Waals surface area contributed by atoms with E-state index in [1.165, 1.54) is 12.8 Å². The summed E-state index contributed by atoms with van der Waals surface area (Å²) in [5.74, 6) is 2.73. The Bertz CT molecular complexity index is 1190. The Morgan fingerprint density at radius 1 is 1.03 bits per heavy atom. The fraction of sp³-hybridized carbons (Fsp3) is 0.429. The number of aromatic nitrogens is 2. The fourth-order valence-corrected chi connectivity index (χ4v) is 6.28. The van der Waals surface area contributed by atoms with Crippen molar-refractivity contribution in [3.05, 3.63) is 66.2 Å². The van der Waals surface area contributed by atoms with Gasteiger partial charge < -0.3 is 19.5 Å². The number of imidazole rings is 1. The van der Waals surface area contributed by atoms with Gasteiger partial charge in [-0.2, -0.15) is 0 Å². The summed E-state index contributed by atoms with van der Waals surface area (Å²) >= 11 is 0. The van der Waals surface area contributed by atoms with Gasteiger partial charge in [0.05, 0.1) is 17.9 Å². The van der Waals surface area contributed by atoms with Crippen LogP contribution in [0.5, 0.6) is 11.5 Å². The van der Waals surface area contributed by atoms with Crippen molar-refractivity contribution >= 4 is 17.3 Å². The largest absolute Gasteiger partial charge is 0.453 e. The number of anilines is 2. The van der Waals surface area contributed by atoms with Gasteiger partial charge in [-0.05, 0) is 69.9 Å². The van der Waals surface area contributed by atoms with Crippen LogP contribution in [-0.2, 0) is 6.54 Å². The van der Waals surface area contributed by atoms with Crippen LogP contribution in [-0.4, -0.2) is 56.9 Å². The van der Waals surface area contributed by atoms with Crippen LogP contribution in [0.15, 0.2) is 54.9 Å². The van der Waals surface area contributed by atoms with E-state index >= 15 is 0 Å². The third-order valence-electron chi connectivity index (χ3n) is 7.97. The SMILES string of the molecule is CCN(CC)C(=O)c1ccc2c(c1)Oc1ccccc1N2[C@@H]1C[C@H]2CC[C@@H](C1)N2Cc1ncc[nH]1. The second kappa shape index (κ2) is 9.04. The number of aromatic amines is 1.